The Bertz CT molecular complexity index is 1260. The SMILES string of the molecule is Clc1ccc(-c2cccc3cccc(-c4ccccc4)c23)c2ccccc12. The molecule has 0 aliphatic rings. The molecular formula is C26H17Cl. The molecule has 5 aromatic rings. The highest BCUT2D eigenvalue weighted by atomic mass is 35.5. The topological polar surface area (TPSA) is 0 Å². The molecule has 0 heterocycles. The van der Waals surface area contributed by atoms with Crippen LogP contribution in [0.1, 0.15) is 0 Å². The summed E-state index contributed by atoms with van der Waals surface area (Å²) in [5, 5.41) is 5.58. The summed E-state index contributed by atoms with van der Waals surface area (Å²) in [5.41, 5.74) is 4.93. The van der Waals surface area contributed by atoms with Crippen molar-refractivity contribution in [1.82, 2.24) is 0 Å². The Morgan fingerprint density at radius 1 is 0.444 bits per heavy atom. The van der Waals surface area contributed by atoms with Gasteiger partial charge >= 0.3 is 0 Å². The predicted octanol–water partition coefficient (Wildman–Crippen LogP) is 7.98. The van der Waals surface area contributed by atoms with Crippen molar-refractivity contribution in [3.05, 3.63) is 108 Å². The van der Waals surface area contributed by atoms with E-state index in [0.29, 0.717) is 0 Å². The van der Waals surface area contributed by atoms with Crippen LogP contribution in [0.25, 0.3) is 43.8 Å². The molecule has 0 bridgehead atoms. The molecule has 0 amide bonds. The van der Waals surface area contributed by atoms with E-state index in [0.717, 1.165) is 10.4 Å². The Hall–Kier alpha value is -3.09. The van der Waals surface area contributed by atoms with Crippen LogP contribution in [0.15, 0.2) is 103 Å². The average Bonchev–Trinajstić information content (AvgIpc) is 2.74. The van der Waals surface area contributed by atoms with E-state index in [-0.39, 0.29) is 0 Å². The van der Waals surface area contributed by atoms with Crippen LogP contribution in [-0.4, -0.2) is 0 Å². The van der Waals surface area contributed by atoms with E-state index in [1.165, 1.54) is 38.4 Å². The van der Waals surface area contributed by atoms with Crippen LogP contribution in [-0.2, 0) is 0 Å². The largest absolute Gasteiger partial charge is 0.0837 e. The number of hydrogen-bond acceptors (Lipinski definition) is 0. The minimum atomic E-state index is 0.790. The Labute approximate surface area is 163 Å². The lowest BCUT2D eigenvalue weighted by Gasteiger charge is -2.15. The van der Waals surface area contributed by atoms with Crippen molar-refractivity contribution in [3.8, 4) is 22.3 Å². The van der Waals surface area contributed by atoms with E-state index in [4.69, 9.17) is 11.6 Å². The number of benzene rings is 5. The van der Waals surface area contributed by atoms with E-state index in [9.17, 15) is 0 Å². The third kappa shape index (κ3) is 2.70. The lowest BCUT2D eigenvalue weighted by atomic mass is 9.89. The minimum Gasteiger partial charge on any atom is -0.0837 e. The Morgan fingerprint density at radius 3 is 1.89 bits per heavy atom. The van der Waals surface area contributed by atoms with Crippen LogP contribution < -0.4 is 0 Å². The summed E-state index contributed by atoms with van der Waals surface area (Å²) >= 11 is 6.46. The standard InChI is InChI=1S/C26H17Cl/c27-25-17-16-22(21-12-4-5-13-23(21)25)24-15-7-11-19-10-6-14-20(26(19)24)18-8-2-1-3-9-18/h1-17H. The van der Waals surface area contributed by atoms with Crippen LogP contribution >= 0.6 is 11.6 Å². The van der Waals surface area contributed by atoms with E-state index in [1.807, 2.05) is 12.1 Å². The zero-order valence-corrected chi connectivity index (χ0v) is 15.4. The summed E-state index contributed by atoms with van der Waals surface area (Å²) in [5.74, 6) is 0. The van der Waals surface area contributed by atoms with Crippen molar-refractivity contribution in [1.29, 1.82) is 0 Å². The maximum absolute atomic E-state index is 6.46. The molecule has 0 saturated carbocycles. The fourth-order valence-corrected chi connectivity index (χ4v) is 4.15. The van der Waals surface area contributed by atoms with Gasteiger partial charge in [0.2, 0.25) is 0 Å². The van der Waals surface area contributed by atoms with Gasteiger partial charge in [-0.25, -0.2) is 0 Å². The van der Waals surface area contributed by atoms with Crippen LogP contribution in [0.4, 0.5) is 0 Å². The first kappa shape index (κ1) is 16.1. The fourth-order valence-electron chi connectivity index (χ4n) is 3.92. The van der Waals surface area contributed by atoms with E-state index >= 15 is 0 Å². The minimum absolute atomic E-state index is 0.790. The van der Waals surface area contributed by atoms with Gasteiger partial charge in [-0.1, -0.05) is 109 Å². The van der Waals surface area contributed by atoms with Gasteiger partial charge < -0.3 is 0 Å². The van der Waals surface area contributed by atoms with Gasteiger partial charge in [0, 0.05) is 10.4 Å². The van der Waals surface area contributed by atoms with Gasteiger partial charge in [-0.3, -0.25) is 0 Å². The Balaban J connectivity index is 1.90. The molecule has 27 heavy (non-hydrogen) atoms. The van der Waals surface area contributed by atoms with E-state index < -0.39 is 0 Å². The molecule has 5 aromatic carbocycles. The van der Waals surface area contributed by atoms with Gasteiger partial charge in [0.25, 0.3) is 0 Å². The van der Waals surface area contributed by atoms with Gasteiger partial charge in [-0.2, -0.15) is 0 Å². The molecule has 128 valence electrons. The first-order chi connectivity index (χ1) is 13.3. The van der Waals surface area contributed by atoms with Gasteiger partial charge in [-0.05, 0) is 44.5 Å². The van der Waals surface area contributed by atoms with Crippen molar-refractivity contribution in [2.24, 2.45) is 0 Å². The summed E-state index contributed by atoms with van der Waals surface area (Å²) in [6.07, 6.45) is 0. The van der Waals surface area contributed by atoms with E-state index in [1.54, 1.807) is 0 Å². The lowest BCUT2D eigenvalue weighted by Crippen LogP contribution is -1.88. The first-order valence-corrected chi connectivity index (χ1v) is 9.45. The molecule has 0 saturated heterocycles. The molecule has 0 unspecified atom stereocenters. The first-order valence-electron chi connectivity index (χ1n) is 9.08. The number of fused-ring (bicyclic) bond motifs is 2. The summed E-state index contributed by atoms with van der Waals surface area (Å²) < 4.78 is 0. The van der Waals surface area contributed by atoms with Crippen molar-refractivity contribution >= 4 is 33.1 Å². The lowest BCUT2D eigenvalue weighted by molar-refractivity contribution is 1.64. The van der Waals surface area contributed by atoms with Crippen molar-refractivity contribution in [2.75, 3.05) is 0 Å². The summed E-state index contributed by atoms with van der Waals surface area (Å²) in [4.78, 5) is 0. The average molecular weight is 365 g/mol. The van der Waals surface area contributed by atoms with Crippen LogP contribution in [0, 0.1) is 0 Å². The zero-order valence-electron chi connectivity index (χ0n) is 14.7. The van der Waals surface area contributed by atoms with E-state index in [2.05, 4.69) is 91.0 Å². The molecule has 0 radical (unpaired) electrons. The van der Waals surface area contributed by atoms with Gasteiger partial charge in [-0.15, -0.1) is 0 Å². The van der Waals surface area contributed by atoms with Crippen LogP contribution in [0.3, 0.4) is 0 Å². The monoisotopic (exact) mass is 364 g/mol. The highest BCUT2D eigenvalue weighted by molar-refractivity contribution is 6.36. The maximum Gasteiger partial charge on any atom is 0.0484 e. The predicted molar refractivity (Wildman–Crippen MR) is 117 cm³/mol. The molecule has 0 aromatic heterocycles. The third-order valence-electron chi connectivity index (χ3n) is 5.15. The summed E-state index contributed by atoms with van der Waals surface area (Å²) in [6, 6.07) is 36.1. The van der Waals surface area contributed by atoms with Gasteiger partial charge in [0.1, 0.15) is 0 Å². The number of rotatable bonds is 2. The molecule has 1 heteroatoms. The summed E-state index contributed by atoms with van der Waals surface area (Å²) in [7, 11) is 0. The normalized spacial score (nSPS) is 11.1. The van der Waals surface area contributed by atoms with Crippen LogP contribution in [0.2, 0.25) is 5.02 Å². The highest BCUT2D eigenvalue weighted by Crippen LogP contribution is 2.40. The summed E-state index contributed by atoms with van der Waals surface area (Å²) in [6.45, 7) is 0. The molecule has 0 N–H and O–H groups in total. The highest BCUT2D eigenvalue weighted by Gasteiger charge is 2.13. The molecule has 0 aliphatic heterocycles. The molecule has 5 rings (SSSR count). The quantitative estimate of drug-likeness (QED) is 0.298. The molecular weight excluding hydrogens is 348 g/mol. The van der Waals surface area contributed by atoms with Crippen LogP contribution in [0.5, 0.6) is 0 Å². The Morgan fingerprint density at radius 2 is 1.11 bits per heavy atom. The van der Waals surface area contributed by atoms with Crippen molar-refractivity contribution in [2.45, 2.75) is 0 Å². The second-order valence-corrected chi connectivity index (χ2v) is 7.12. The maximum atomic E-state index is 6.46. The second-order valence-electron chi connectivity index (χ2n) is 6.72. The zero-order chi connectivity index (χ0) is 18.2. The molecule has 0 atom stereocenters. The second kappa shape index (κ2) is 6.57. The van der Waals surface area contributed by atoms with Crippen molar-refractivity contribution in [3.63, 3.8) is 0 Å². The van der Waals surface area contributed by atoms with Gasteiger partial charge in [0.05, 0.1) is 0 Å². The molecule has 0 aliphatic carbocycles. The third-order valence-corrected chi connectivity index (χ3v) is 5.48. The molecule has 0 fully saturated rings. The fraction of sp³-hybridized carbons (Fsp3) is 0. The van der Waals surface area contributed by atoms with Gasteiger partial charge in [0.15, 0.2) is 0 Å². The Kier molecular flexibility index (Phi) is 3.92. The molecule has 0 spiro atoms. The smallest absolute Gasteiger partial charge is 0.0484 e. The number of hydrogen-bond donors (Lipinski definition) is 0. The molecule has 0 nitrogen and oxygen atoms in total. The van der Waals surface area contributed by atoms with Crippen molar-refractivity contribution < 1.29 is 0 Å². The number of halogens is 1.